The Bertz CT molecular complexity index is 358. The Hall–Kier alpha value is -1.43. The zero-order valence-corrected chi connectivity index (χ0v) is 9.82. The van der Waals surface area contributed by atoms with Crippen molar-refractivity contribution in [3.63, 3.8) is 0 Å². The highest BCUT2D eigenvalue weighted by molar-refractivity contribution is 5.84. The molecule has 6 heteroatoms. The molecule has 90 valence electrons. The van der Waals surface area contributed by atoms with E-state index in [1.54, 1.807) is 6.92 Å². The third kappa shape index (κ3) is 2.38. The molecule has 0 aliphatic heterocycles. The summed E-state index contributed by atoms with van der Waals surface area (Å²) in [5.41, 5.74) is 5.39. The summed E-state index contributed by atoms with van der Waals surface area (Å²) >= 11 is 0. The molecular weight excluding hydrogens is 210 g/mol. The number of carbonyl (C=O) groups excluding carboxylic acids is 1. The van der Waals surface area contributed by atoms with Gasteiger partial charge in [-0.05, 0) is 24.9 Å². The van der Waals surface area contributed by atoms with Crippen LogP contribution in [-0.2, 0) is 10.3 Å². The van der Waals surface area contributed by atoms with Gasteiger partial charge in [0.2, 0.25) is 5.89 Å². The summed E-state index contributed by atoms with van der Waals surface area (Å²) in [5.74, 6) is -0.388. The van der Waals surface area contributed by atoms with Gasteiger partial charge in [-0.15, -0.1) is 0 Å². The average Bonchev–Trinajstić information content (AvgIpc) is 2.78. The lowest BCUT2D eigenvalue weighted by molar-refractivity contribution is 0.0508. The molecule has 2 N–H and O–H groups in total. The van der Waals surface area contributed by atoms with E-state index in [0.717, 1.165) is 0 Å². The van der Waals surface area contributed by atoms with E-state index in [0.29, 0.717) is 12.8 Å². The van der Waals surface area contributed by atoms with Crippen molar-refractivity contribution in [1.29, 1.82) is 0 Å². The Labute approximate surface area is 94.2 Å². The molecule has 0 fully saturated rings. The fourth-order valence-electron chi connectivity index (χ4n) is 1.26. The molecule has 0 radical (unpaired) electrons. The van der Waals surface area contributed by atoms with Crippen LogP contribution in [0.5, 0.6) is 0 Å². The van der Waals surface area contributed by atoms with Crippen LogP contribution in [0.4, 0.5) is 0 Å². The summed E-state index contributed by atoms with van der Waals surface area (Å²) in [4.78, 5) is 15.3. The van der Waals surface area contributed by atoms with Gasteiger partial charge < -0.3 is 15.0 Å². The van der Waals surface area contributed by atoms with Gasteiger partial charge in [0.05, 0.1) is 12.1 Å². The predicted molar refractivity (Wildman–Crippen MR) is 56.7 cm³/mol. The molecule has 1 aromatic heterocycles. The SMILES string of the molecule is CCOC(=O)c1noc(C(N)(CC)CC)n1. The Morgan fingerprint density at radius 1 is 1.44 bits per heavy atom. The lowest BCUT2D eigenvalue weighted by atomic mass is 9.94. The van der Waals surface area contributed by atoms with Gasteiger partial charge in [-0.1, -0.05) is 13.8 Å². The van der Waals surface area contributed by atoms with E-state index < -0.39 is 11.5 Å². The molecule has 0 amide bonds. The monoisotopic (exact) mass is 227 g/mol. The summed E-state index contributed by atoms with van der Waals surface area (Å²) in [6, 6.07) is 0. The van der Waals surface area contributed by atoms with E-state index in [-0.39, 0.29) is 18.3 Å². The van der Waals surface area contributed by atoms with Crippen LogP contribution in [0.2, 0.25) is 0 Å². The molecule has 1 aromatic rings. The first-order chi connectivity index (χ1) is 7.57. The maximum Gasteiger partial charge on any atom is 0.379 e. The van der Waals surface area contributed by atoms with Gasteiger partial charge in [0.1, 0.15) is 0 Å². The smallest absolute Gasteiger partial charge is 0.379 e. The lowest BCUT2D eigenvalue weighted by Gasteiger charge is -2.20. The van der Waals surface area contributed by atoms with Gasteiger partial charge in [0.15, 0.2) is 0 Å². The third-order valence-electron chi connectivity index (χ3n) is 2.57. The second kappa shape index (κ2) is 5.07. The average molecular weight is 227 g/mol. The van der Waals surface area contributed by atoms with Crippen LogP contribution >= 0.6 is 0 Å². The molecule has 1 rings (SSSR count). The Morgan fingerprint density at radius 2 is 2.06 bits per heavy atom. The minimum Gasteiger partial charge on any atom is -0.460 e. The number of aromatic nitrogens is 2. The van der Waals surface area contributed by atoms with Crippen molar-refractivity contribution in [3.05, 3.63) is 11.7 Å². The van der Waals surface area contributed by atoms with E-state index in [1.165, 1.54) is 0 Å². The number of nitrogens with two attached hydrogens (primary N) is 1. The maximum absolute atomic E-state index is 11.3. The van der Waals surface area contributed by atoms with Gasteiger partial charge in [-0.25, -0.2) is 4.79 Å². The Morgan fingerprint density at radius 3 is 2.56 bits per heavy atom. The van der Waals surface area contributed by atoms with Crippen molar-refractivity contribution >= 4 is 5.97 Å². The molecule has 0 aromatic carbocycles. The normalized spacial score (nSPS) is 11.5. The van der Waals surface area contributed by atoms with Crippen LogP contribution < -0.4 is 5.73 Å². The van der Waals surface area contributed by atoms with Crippen LogP contribution in [0.1, 0.15) is 50.1 Å². The highest BCUT2D eigenvalue weighted by Gasteiger charge is 2.31. The molecule has 16 heavy (non-hydrogen) atoms. The maximum atomic E-state index is 11.3. The largest absolute Gasteiger partial charge is 0.460 e. The molecule has 6 nitrogen and oxygen atoms in total. The first-order valence-electron chi connectivity index (χ1n) is 5.37. The molecular formula is C10H17N3O3. The first kappa shape index (κ1) is 12.6. The number of esters is 1. The highest BCUT2D eigenvalue weighted by atomic mass is 16.5. The molecule has 0 aliphatic rings. The van der Waals surface area contributed by atoms with Gasteiger partial charge >= 0.3 is 5.97 Å². The molecule has 1 heterocycles. The summed E-state index contributed by atoms with van der Waals surface area (Å²) in [6.45, 7) is 5.84. The van der Waals surface area contributed by atoms with Crippen LogP contribution in [0.15, 0.2) is 4.52 Å². The number of hydrogen-bond acceptors (Lipinski definition) is 6. The summed E-state index contributed by atoms with van der Waals surface area (Å²) in [6.07, 6.45) is 1.32. The van der Waals surface area contributed by atoms with Crippen molar-refractivity contribution in [2.24, 2.45) is 5.73 Å². The van der Waals surface area contributed by atoms with Crippen LogP contribution in [0.3, 0.4) is 0 Å². The van der Waals surface area contributed by atoms with E-state index in [4.69, 9.17) is 15.0 Å². The standard InChI is InChI=1S/C10H17N3O3/c1-4-10(11,5-2)9-12-7(13-16-9)8(14)15-6-3/h4-6,11H2,1-3H3. The van der Waals surface area contributed by atoms with Crippen molar-refractivity contribution in [3.8, 4) is 0 Å². The lowest BCUT2D eigenvalue weighted by Crippen LogP contribution is -2.35. The summed E-state index contributed by atoms with van der Waals surface area (Å²) in [7, 11) is 0. The highest BCUT2D eigenvalue weighted by Crippen LogP contribution is 2.23. The quantitative estimate of drug-likeness (QED) is 0.760. The summed E-state index contributed by atoms with van der Waals surface area (Å²) in [5, 5.41) is 3.56. The molecule has 0 bridgehead atoms. The van der Waals surface area contributed by atoms with E-state index in [2.05, 4.69) is 10.1 Å². The van der Waals surface area contributed by atoms with Gasteiger partial charge in [0.25, 0.3) is 5.82 Å². The molecule has 0 saturated heterocycles. The van der Waals surface area contributed by atoms with Crippen LogP contribution in [0.25, 0.3) is 0 Å². The molecule has 0 saturated carbocycles. The zero-order valence-electron chi connectivity index (χ0n) is 9.82. The van der Waals surface area contributed by atoms with E-state index in [9.17, 15) is 4.79 Å². The van der Waals surface area contributed by atoms with Gasteiger partial charge in [-0.3, -0.25) is 0 Å². The van der Waals surface area contributed by atoms with Crippen molar-refractivity contribution < 1.29 is 14.1 Å². The molecule has 0 spiro atoms. The zero-order chi connectivity index (χ0) is 12.2. The molecule has 0 aliphatic carbocycles. The first-order valence-corrected chi connectivity index (χ1v) is 5.37. The minimum atomic E-state index is -0.669. The number of ether oxygens (including phenoxy) is 1. The Balaban J connectivity index is 2.90. The molecule has 0 atom stereocenters. The van der Waals surface area contributed by atoms with Crippen LogP contribution in [0, 0.1) is 0 Å². The van der Waals surface area contributed by atoms with Crippen molar-refractivity contribution in [1.82, 2.24) is 10.1 Å². The van der Waals surface area contributed by atoms with Gasteiger partial charge in [-0.2, -0.15) is 4.98 Å². The van der Waals surface area contributed by atoms with Crippen molar-refractivity contribution in [2.45, 2.75) is 39.2 Å². The Kier molecular flexibility index (Phi) is 4.00. The third-order valence-corrected chi connectivity index (χ3v) is 2.57. The number of nitrogens with zero attached hydrogens (tertiary/aromatic N) is 2. The van der Waals surface area contributed by atoms with E-state index >= 15 is 0 Å². The van der Waals surface area contributed by atoms with E-state index in [1.807, 2.05) is 13.8 Å². The van der Waals surface area contributed by atoms with Gasteiger partial charge in [0, 0.05) is 0 Å². The molecule has 0 unspecified atom stereocenters. The summed E-state index contributed by atoms with van der Waals surface area (Å²) < 4.78 is 9.75. The van der Waals surface area contributed by atoms with Crippen molar-refractivity contribution in [2.75, 3.05) is 6.61 Å². The van der Waals surface area contributed by atoms with Crippen LogP contribution in [-0.4, -0.2) is 22.7 Å². The predicted octanol–water partition coefficient (Wildman–Crippen LogP) is 1.22. The number of rotatable bonds is 5. The second-order valence-corrected chi connectivity index (χ2v) is 3.51. The fourth-order valence-corrected chi connectivity index (χ4v) is 1.26. The number of hydrogen-bond donors (Lipinski definition) is 1. The number of carbonyl (C=O) groups is 1. The second-order valence-electron chi connectivity index (χ2n) is 3.51. The topological polar surface area (TPSA) is 91.2 Å². The fraction of sp³-hybridized carbons (Fsp3) is 0.700. The minimum absolute atomic E-state index is 0.0754.